The van der Waals surface area contributed by atoms with E-state index in [1.54, 1.807) is 0 Å². The summed E-state index contributed by atoms with van der Waals surface area (Å²) in [4.78, 5) is 0. The minimum absolute atomic E-state index is 0.544. The van der Waals surface area contributed by atoms with Crippen LogP contribution in [0.4, 0.5) is 0 Å². The Morgan fingerprint density at radius 3 is 1.87 bits per heavy atom. The number of benzene rings is 3. The minimum Gasteiger partial charge on any atom is -0.490 e. The zero-order valence-corrected chi connectivity index (χ0v) is 21.7. The third-order valence-electron chi connectivity index (χ3n) is 5.15. The highest BCUT2D eigenvalue weighted by Gasteiger charge is 2.18. The summed E-state index contributed by atoms with van der Waals surface area (Å²) in [5, 5.41) is 0. The average molecular weight is 538 g/mol. The van der Waals surface area contributed by atoms with Gasteiger partial charge >= 0.3 is 11.5 Å². The molecular weight excluding hydrogens is 510 g/mol. The van der Waals surface area contributed by atoms with E-state index in [-0.39, 0.29) is 0 Å². The van der Waals surface area contributed by atoms with Crippen molar-refractivity contribution in [3.05, 3.63) is 102 Å². The Morgan fingerprint density at radius 1 is 0.737 bits per heavy atom. The predicted molar refractivity (Wildman–Crippen MR) is 135 cm³/mol. The van der Waals surface area contributed by atoms with Crippen molar-refractivity contribution in [2.75, 3.05) is 13.2 Å². The highest BCUT2D eigenvalue weighted by Crippen LogP contribution is 2.32. The van der Waals surface area contributed by atoms with Gasteiger partial charge in [0.1, 0.15) is 0 Å². The van der Waals surface area contributed by atoms with Gasteiger partial charge in [-0.25, -0.2) is 23.1 Å². The second-order valence-electron chi connectivity index (χ2n) is 7.85. The molecule has 0 aliphatic carbocycles. The monoisotopic (exact) mass is 537 g/mol. The average Bonchev–Trinajstić information content (AvgIpc) is 2.90. The van der Waals surface area contributed by atoms with E-state index < -0.39 is 10.2 Å². The van der Waals surface area contributed by atoms with Crippen LogP contribution < -0.4 is 33.8 Å². The maximum Gasteiger partial charge on any atom is 0.361 e. The van der Waals surface area contributed by atoms with Gasteiger partial charge in [0.2, 0.25) is 0 Å². The lowest BCUT2D eigenvalue weighted by molar-refractivity contribution is -2.00. The summed E-state index contributed by atoms with van der Waals surface area (Å²) in [6, 6.07) is 30.1. The maximum atomic E-state index is 8.49. The Hall–Kier alpha value is -3.92. The van der Waals surface area contributed by atoms with Crippen molar-refractivity contribution in [1.29, 1.82) is 0 Å². The molecule has 1 aromatic heterocycles. The maximum absolute atomic E-state index is 8.49. The second-order valence-corrected chi connectivity index (χ2v) is 8.61. The fourth-order valence-electron chi connectivity index (χ4n) is 3.60. The van der Waals surface area contributed by atoms with Gasteiger partial charge in [-0.1, -0.05) is 48.5 Å². The molecule has 0 spiro atoms. The third kappa shape index (κ3) is 8.88. The van der Waals surface area contributed by atoms with Gasteiger partial charge in [-0.2, -0.15) is 0 Å². The molecule has 0 bridgehead atoms. The second kappa shape index (κ2) is 13.6. The highest BCUT2D eigenvalue weighted by atomic mass is 35.7. The van der Waals surface area contributed by atoms with Crippen molar-refractivity contribution >= 4 is 11.8 Å². The van der Waals surface area contributed by atoms with Crippen LogP contribution in [0.3, 0.4) is 0 Å². The van der Waals surface area contributed by atoms with Crippen LogP contribution in [0.15, 0.2) is 95.4 Å². The SMILES string of the molecule is CCOc1ccc(C(N)=Cc2cc(-c3ccccc3)cc(-c3ccccc3)[o+]2)cc1OCC.[O-][Cl+3]([O-])([O-])[O-]. The summed E-state index contributed by atoms with van der Waals surface area (Å²) in [6.07, 6.45) is 1.85. The zero-order valence-electron chi connectivity index (χ0n) is 21.0. The van der Waals surface area contributed by atoms with E-state index in [0.29, 0.717) is 36.2 Å². The summed E-state index contributed by atoms with van der Waals surface area (Å²) >= 11 is 0. The summed E-state index contributed by atoms with van der Waals surface area (Å²) in [6.45, 7) is 5.00. The lowest BCUT2D eigenvalue weighted by atomic mass is 10.0. The molecule has 38 heavy (non-hydrogen) atoms. The molecule has 3 aromatic carbocycles. The van der Waals surface area contributed by atoms with Crippen molar-refractivity contribution in [1.82, 2.24) is 0 Å². The molecule has 4 rings (SSSR count). The van der Waals surface area contributed by atoms with E-state index in [1.807, 2.05) is 92.7 Å². The topological polar surface area (TPSA) is 148 Å². The first-order valence-electron chi connectivity index (χ1n) is 11.8. The van der Waals surface area contributed by atoms with Crippen molar-refractivity contribution in [3.63, 3.8) is 0 Å². The molecule has 0 saturated heterocycles. The Morgan fingerprint density at radius 2 is 1.29 bits per heavy atom. The molecule has 2 N–H and O–H groups in total. The lowest BCUT2D eigenvalue weighted by Gasteiger charge is -2.17. The Balaban J connectivity index is 0.000000732. The van der Waals surface area contributed by atoms with E-state index in [1.165, 1.54) is 0 Å². The largest absolute Gasteiger partial charge is 0.490 e. The van der Waals surface area contributed by atoms with Crippen LogP contribution in [-0.4, -0.2) is 13.2 Å². The van der Waals surface area contributed by atoms with Gasteiger partial charge in [0, 0.05) is 16.8 Å². The molecule has 9 heteroatoms. The standard InChI is InChI=1S/C29H28NO3.ClHO4/c1-3-31-27-16-15-23(18-29(27)32-4-2)26(30)20-25-17-24(21-11-7-5-8-12-21)19-28(33-25)22-13-9-6-10-14-22;2-1(3,4)5/h5-20H,3-4,30H2,1-2H3;(H,2,3,4,5)/q+1;/p-1. The third-order valence-corrected chi connectivity index (χ3v) is 5.15. The fourth-order valence-corrected chi connectivity index (χ4v) is 3.60. The van der Waals surface area contributed by atoms with E-state index in [4.69, 9.17) is 38.3 Å². The molecule has 198 valence electrons. The first-order valence-corrected chi connectivity index (χ1v) is 13.0. The fraction of sp³-hybridized carbons (Fsp3) is 0.138. The molecule has 0 amide bonds. The van der Waals surface area contributed by atoms with E-state index in [2.05, 4.69) is 18.2 Å². The van der Waals surface area contributed by atoms with Crippen molar-refractivity contribution in [2.24, 2.45) is 5.73 Å². The number of hydrogen-bond acceptors (Lipinski definition) is 7. The van der Waals surface area contributed by atoms with Crippen LogP contribution in [-0.2, 0) is 0 Å². The van der Waals surface area contributed by atoms with E-state index >= 15 is 0 Å². The molecule has 0 radical (unpaired) electrons. The number of rotatable bonds is 8. The summed E-state index contributed by atoms with van der Waals surface area (Å²) in [5.41, 5.74) is 11.1. The van der Waals surface area contributed by atoms with Gasteiger partial charge in [0.05, 0.1) is 37.0 Å². The Bertz CT molecular complexity index is 1280. The molecule has 1 heterocycles. The molecule has 4 aromatic rings. The highest BCUT2D eigenvalue weighted by molar-refractivity contribution is 5.81. The van der Waals surface area contributed by atoms with Crippen molar-refractivity contribution in [2.45, 2.75) is 13.8 Å². The van der Waals surface area contributed by atoms with Crippen LogP contribution in [0.2, 0.25) is 0 Å². The van der Waals surface area contributed by atoms with Crippen molar-refractivity contribution in [3.8, 4) is 33.9 Å². The normalized spacial score (nSPS) is 11.4. The molecular formula is C29H28ClNO7. The quantitative estimate of drug-likeness (QED) is 0.337. The first-order chi connectivity index (χ1) is 18.2. The zero-order chi connectivity index (χ0) is 27.5. The molecule has 0 saturated carbocycles. The molecule has 0 fully saturated rings. The summed E-state index contributed by atoms with van der Waals surface area (Å²) < 4.78 is 51.6. The smallest absolute Gasteiger partial charge is 0.361 e. The summed E-state index contributed by atoms with van der Waals surface area (Å²) in [7, 11) is -4.94. The van der Waals surface area contributed by atoms with Gasteiger partial charge in [-0.3, -0.25) is 0 Å². The van der Waals surface area contributed by atoms with Gasteiger partial charge in [0.25, 0.3) is 0 Å². The lowest BCUT2D eigenvalue weighted by Crippen LogP contribution is -2.68. The molecule has 8 nitrogen and oxygen atoms in total. The van der Waals surface area contributed by atoms with Gasteiger partial charge in [-0.15, -0.1) is 10.2 Å². The van der Waals surface area contributed by atoms with Crippen LogP contribution in [0.25, 0.3) is 34.2 Å². The van der Waals surface area contributed by atoms with Gasteiger partial charge in [0.15, 0.2) is 11.5 Å². The predicted octanol–water partition coefficient (Wildman–Crippen LogP) is 2.39. The van der Waals surface area contributed by atoms with Crippen LogP contribution in [0, 0.1) is 10.2 Å². The van der Waals surface area contributed by atoms with Crippen molar-refractivity contribution < 1.29 is 42.8 Å². The van der Waals surface area contributed by atoms with Crippen LogP contribution >= 0.6 is 0 Å². The Kier molecular flexibility index (Phi) is 10.2. The van der Waals surface area contributed by atoms with Gasteiger partial charge < -0.3 is 15.2 Å². The van der Waals surface area contributed by atoms with E-state index in [0.717, 1.165) is 28.0 Å². The van der Waals surface area contributed by atoms with Crippen LogP contribution in [0.1, 0.15) is 25.2 Å². The van der Waals surface area contributed by atoms with Crippen LogP contribution in [0.5, 0.6) is 11.5 Å². The molecule has 0 aliphatic rings. The number of hydrogen-bond donors (Lipinski definition) is 1. The number of halogens is 1. The molecule has 0 atom stereocenters. The minimum atomic E-state index is -4.94. The number of nitrogens with two attached hydrogens (primary N) is 1. The van der Waals surface area contributed by atoms with E-state index in [9.17, 15) is 0 Å². The summed E-state index contributed by atoms with van der Waals surface area (Å²) in [5.74, 6) is 2.82. The first kappa shape index (κ1) is 28.6. The van der Waals surface area contributed by atoms with Gasteiger partial charge in [-0.05, 0) is 49.7 Å². The molecule has 0 aliphatic heterocycles. The Labute approximate surface area is 223 Å². The molecule has 0 unspecified atom stereocenters. The number of ether oxygens (including phenoxy) is 2.